The van der Waals surface area contributed by atoms with Gasteiger partial charge >= 0.3 is 0 Å². The minimum absolute atomic E-state index is 0.275. The minimum Gasteiger partial charge on any atom is -0.324 e. The van der Waals surface area contributed by atoms with E-state index in [9.17, 15) is 4.79 Å². The van der Waals surface area contributed by atoms with E-state index in [2.05, 4.69) is 30.6 Å². The zero-order chi connectivity index (χ0) is 35.4. The first-order valence-corrected chi connectivity index (χ1v) is 10.5. The van der Waals surface area contributed by atoms with E-state index in [0.29, 0.717) is 5.69 Å². The number of aryl methyl sites for hydroxylation is 2. The molecule has 1 amide bonds. The Labute approximate surface area is 226 Å². The summed E-state index contributed by atoms with van der Waals surface area (Å²) in [6.45, 7) is 0.508. The molecule has 0 aliphatic heterocycles. The van der Waals surface area contributed by atoms with Crippen molar-refractivity contribution in [1.29, 1.82) is 0 Å². The highest BCUT2D eigenvalue weighted by atomic mass is 16.1. The van der Waals surface area contributed by atoms with Gasteiger partial charge in [-0.2, -0.15) is 0 Å². The third-order valence-electron chi connectivity index (χ3n) is 4.86. The second-order valence-electron chi connectivity index (χ2n) is 7.65. The number of benzene rings is 2. The SMILES string of the molecule is [2H]c1nc(Nc2c([2H])c(C(=O)Nc3cc(C)cc(-n4cnc(C)c4)c3)c([2H])c([2H])c2C([2H])([2H])[2H])nc(-c2c([2H])nc([2H])c([2H])c2[2H])c1[2H]. The molecule has 0 aliphatic carbocycles. The summed E-state index contributed by atoms with van der Waals surface area (Å²) in [5.41, 5.74) is -0.667. The van der Waals surface area contributed by atoms with Gasteiger partial charge in [-0.1, -0.05) is 6.04 Å². The maximum atomic E-state index is 13.6. The van der Waals surface area contributed by atoms with Crippen LogP contribution in [0.5, 0.6) is 0 Å². The first kappa shape index (κ1) is 12.7. The molecule has 2 N–H and O–H groups in total. The van der Waals surface area contributed by atoms with Crippen LogP contribution in [-0.2, 0) is 0 Å². The minimum atomic E-state index is -3.09. The van der Waals surface area contributed by atoms with Crippen molar-refractivity contribution >= 4 is 23.2 Å². The van der Waals surface area contributed by atoms with Gasteiger partial charge in [0, 0.05) is 57.0 Å². The highest BCUT2D eigenvalue weighted by molar-refractivity contribution is 6.05. The molecule has 5 rings (SSSR count). The maximum Gasteiger partial charge on any atom is 0.255 e. The molecule has 0 fully saturated rings. The molecule has 5 aromatic rings. The van der Waals surface area contributed by atoms with Crippen LogP contribution in [0, 0.1) is 20.7 Å². The van der Waals surface area contributed by atoms with Crippen molar-refractivity contribution in [3.05, 3.63) is 108 Å². The molecular weight excluding hydrogens is 450 g/mol. The third kappa shape index (κ3) is 5.12. The number of anilines is 3. The Bertz CT molecular complexity index is 2130. The van der Waals surface area contributed by atoms with Gasteiger partial charge in [-0.3, -0.25) is 9.78 Å². The van der Waals surface area contributed by atoms with Crippen molar-refractivity contribution in [2.45, 2.75) is 20.7 Å². The predicted molar refractivity (Wildman–Crippen MR) is 141 cm³/mol. The Morgan fingerprint density at radius 2 is 2.00 bits per heavy atom. The van der Waals surface area contributed by atoms with Gasteiger partial charge in [-0.25, -0.2) is 15.0 Å². The number of imidazole rings is 1. The van der Waals surface area contributed by atoms with Crippen molar-refractivity contribution in [1.82, 2.24) is 24.5 Å². The third-order valence-corrected chi connectivity index (χ3v) is 4.86. The van der Waals surface area contributed by atoms with Crippen LogP contribution in [0.15, 0.2) is 85.5 Å². The maximum absolute atomic E-state index is 13.6. The van der Waals surface area contributed by atoms with Crippen molar-refractivity contribution < 1.29 is 21.2 Å². The Hall–Kier alpha value is -4.85. The molecule has 0 atom stereocenters. The zero-order valence-corrected chi connectivity index (χ0v) is 19.0. The average Bonchev–Trinajstić information content (AvgIpc) is 3.42. The van der Waals surface area contributed by atoms with Crippen molar-refractivity contribution in [3.8, 4) is 16.9 Å². The van der Waals surface area contributed by atoms with Gasteiger partial charge < -0.3 is 15.2 Å². The van der Waals surface area contributed by atoms with Gasteiger partial charge in [0.25, 0.3) is 5.91 Å². The van der Waals surface area contributed by atoms with Gasteiger partial charge in [0.2, 0.25) is 5.95 Å². The number of amides is 1. The molecule has 3 aromatic heterocycles. The Morgan fingerprint density at radius 1 is 1.08 bits per heavy atom. The van der Waals surface area contributed by atoms with Crippen LogP contribution in [0.4, 0.5) is 17.3 Å². The van der Waals surface area contributed by atoms with E-state index in [4.69, 9.17) is 16.4 Å². The van der Waals surface area contributed by atoms with Crippen LogP contribution in [0.1, 0.15) is 43.6 Å². The van der Waals surface area contributed by atoms with Crippen molar-refractivity contribution in [2.75, 3.05) is 10.6 Å². The lowest BCUT2D eigenvalue weighted by molar-refractivity contribution is 0.102. The molecule has 0 radical (unpaired) electrons. The fourth-order valence-corrected chi connectivity index (χ4v) is 3.27. The lowest BCUT2D eigenvalue weighted by Gasteiger charge is -2.13. The summed E-state index contributed by atoms with van der Waals surface area (Å²) in [4.78, 5) is 29.3. The number of nitrogens with one attached hydrogen (secondary N) is 2. The number of hydrogen-bond donors (Lipinski definition) is 2. The van der Waals surface area contributed by atoms with Crippen LogP contribution in [0.2, 0.25) is 0 Å². The lowest BCUT2D eigenvalue weighted by atomic mass is 10.1. The fourth-order valence-electron chi connectivity index (χ4n) is 3.27. The smallest absolute Gasteiger partial charge is 0.255 e. The summed E-state index contributed by atoms with van der Waals surface area (Å²) in [7, 11) is 0. The largest absolute Gasteiger partial charge is 0.324 e. The Morgan fingerprint density at radius 3 is 2.83 bits per heavy atom. The summed E-state index contributed by atoms with van der Waals surface area (Å²) in [6, 6.07) is 0.551. The number of carbonyl (C=O) groups excluding carboxylic acids is 1. The summed E-state index contributed by atoms with van der Waals surface area (Å²) < 4.78 is 100. The fraction of sp³-hybridized carbons (Fsp3) is 0.107. The molecule has 0 unspecified atom stereocenters. The molecule has 8 nitrogen and oxygen atoms in total. The van der Waals surface area contributed by atoms with Gasteiger partial charge in [0.1, 0.15) is 0 Å². The molecule has 8 heteroatoms. The molecule has 2 aromatic carbocycles. The van der Waals surface area contributed by atoms with Crippen LogP contribution in [0.3, 0.4) is 0 Å². The van der Waals surface area contributed by atoms with Crippen molar-refractivity contribution in [3.63, 3.8) is 0 Å². The van der Waals surface area contributed by atoms with Gasteiger partial charge in [0.05, 0.1) is 30.1 Å². The van der Waals surface area contributed by atoms with E-state index in [1.807, 2.05) is 13.0 Å². The van der Waals surface area contributed by atoms with E-state index in [1.54, 1.807) is 36.1 Å². The van der Waals surface area contributed by atoms with Gasteiger partial charge in [-0.05, 0) is 80.2 Å². The Balaban J connectivity index is 1.63. The number of aromatic nitrogens is 5. The first-order chi connectivity index (χ1) is 22.4. The molecule has 0 saturated heterocycles. The molecule has 178 valence electrons. The summed E-state index contributed by atoms with van der Waals surface area (Å²) in [5.74, 6) is -1.60. The van der Waals surface area contributed by atoms with E-state index in [-0.39, 0.29) is 5.69 Å². The molecule has 0 bridgehead atoms. The van der Waals surface area contributed by atoms with Gasteiger partial charge in [-0.15, -0.1) is 0 Å². The molecule has 3 heterocycles. The van der Waals surface area contributed by atoms with Crippen LogP contribution < -0.4 is 10.6 Å². The molecule has 0 aliphatic rings. The predicted octanol–water partition coefficient (Wildman–Crippen LogP) is 5.65. The second kappa shape index (κ2) is 9.79. The van der Waals surface area contributed by atoms with Crippen LogP contribution >= 0.6 is 0 Å². The number of hydrogen-bond acceptors (Lipinski definition) is 6. The quantitative estimate of drug-likeness (QED) is 0.321. The van der Waals surface area contributed by atoms with Crippen LogP contribution in [0.25, 0.3) is 16.9 Å². The molecular formula is C28H25N7O. The lowest BCUT2D eigenvalue weighted by Crippen LogP contribution is -2.13. The van der Waals surface area contributed by atoms with Crippen molar-refractivity contribution in [2.24, 2.45) is 0 Å². The molecule has 0 spiro atoms. The summed E-state index contributed by atoms with van der Waals surface area (Å²) >= 11 is 0. The monoisotopic (exact) mass is 487 g/mol. The topological polar surface area (TPSA) is 97.6 Å². The normalized spacial score (nSPS) is 15.8. The standard InChI is InChI=1S/C28H25N7O/c1-18-11-23(14-24(12-18)35-16-20(3)31-17-35)32-27(36)21-7-6-19(2)26(13-21)34-28-30-10-8-25(33-28)22-5-4-9-29-15-22/h4-17H,1-3H3,(H,32,36)(H,30,33,34)/i2D3,4D,5D,6D,7D,8D,9D,10D,13D,15D. The average molecular weight is 488 g/mol. The highest BCUT2D eigenvalue weighted by Gasteiger charge is 2.12. The molecule has 36 heavy (non-hydrogen) atoms. The van der Waals surface area contributed by atoms with Crippen LogP contribution in [-0.4, -0.2) is 30.4 Å². The summed E-state index contributed by atoms with van der Waals surface area (Å²) in [5, 5.41) is 5.08. The second-order valence-corrected chi connectivity index (χ2v) is 7.65. The highest BCUT2D eigenvalue weighted by Crippen LogP contribution is 2.24. The Kier molecular flexibility index (Phi) is 3.46. The summed E-state index contributed by atoms with van der Waals surface area (Å²) in [6.07, 6.45) is 1.25. The van der Waals surface area contributed by atoms with E-state index in [0.717, 1.165) is 11.3 Å². The number of nitrogens with zero attached hydrogens (tertiary/aromatic N) is 5. The molecule has 0 saturated carbocycles. The van der Waals surface area contributed by atoms with Gasteiger partial charge in [0.15, 0.2) is 0 Å². The number of rotatable bonds is 6. The van der Waals surface area contributed by atoms with E-state index < -0.39 is 102 Å². The first-order valence-electron chi connectivity index (χ1n) is 16.5. The number of pyridine rings is 1. The number of carbonyl (C=O) groups is 1. The zero-order valence-electron chi connectivity index (χ0n) is 31.0. The van der Waals surface area contributed by atoms with E-state index >= 15 is 0 Å². The van der Waals surface area contributed by atoms with E-state index in [1.165, 1.54) is 0 Å².